The summed E-state index contributed by atoms with van der Waals surface area (Å²) in [6, 6.07) is 21.7. The molecule has 2 heterocycles. The Balaban J connectivity index is 1.41. The molecule has 1 aromatic heterocycles. The van der Waals surface area contributed by atoms with Gasteiger partial charge in [-0.25, -0.2) is 0 Å². The summed E-state index contributed by atoms with van der Waals surface area (Å²) in [4.78, 5) is 2.33. The molecule has 0 radical (unpaired) electrons. The summed E-state index contributed by atoms with van der Waals surface area (Å²) in [6.07, 6.45) is 2.90. The van der Waals surface area contributed by atoms with Gasteiger partial charge in [-0.3, -0.25) is 4.55 Å². The van der Waals surface area contributed by atoms with Crippen molar-refractivity contribution in [1.82, 2.24) is 0 Å². The molecule has 38 heavy (non-hydrogen) atoms. The van der Waals surface area contributed by atoms with Crippen LogP contribution in [-0.2, 0) is 22.4 Å². The van der Waals surface area contributed by atoms with Crippen molar-refractivity contribution >= 4 is 38.5 Å². The van der Waals surface area contributed by atoms with E-state index in [2.05, 4.69) is 43.0 Å². The molecule has 1 aliphatic heterocycles. The van der Waals surface area contributed by atoms with Gasteiger partial charge in [-0.05, 0) is 47.7 Å². The number of ether oxygens (including phenoxy) is 1. The highest BCUT2D eigenvalue weighted by molar-refractivity contribution is 7.84. The van der Waals surface area contributed by atoms with Crippen molar-refractivity contribution in [3.63, 3.8) is 0 Å². The van der Waals surface area contributed by atoms with E-state index >= 15 is 0 Å². The normalized spacial score (nSPS) is 16.0. The first-order chi connectivity index (χ1) is 18.3. The van der Waals surface area contributed by atoms with E-state index < -0.39 is 16.0 Å². The fourth-order valence-electron chi connectivity index (χ4n) is 5.18. The first kappa shape index (κ1) is 26.5. The molecule has 0 bridgehead atoms. The monoisotopic (exact) mass is 555 g/mol. The first-order valence-electron chi connectivity index (χ1n) is 12.9. The summed E-state index contributed by atoms with van der Waals surface area (Å²) in [5.41, 5.74) is 4.45. The van der Waals surface area contributed by atoms with Gasteiger partial charge in [-0.15, -0.1) is 4.57 Å². The van der Waals surface area contributed by atoms with Crippen molar-refractivity contribution < 1.29 is 26.7 Å². The van der Waals surface area contributed by atoms with Gasteiger partial charge >= 0.3 is 16.0 Å². The van der Waals surface area contributed by atoms with Crippen LogP contribution in [0, 0.1) is 5.92 Å². The van der Waals surface area contributed by atoms with Gasteiger partial charge in [0.2, 0.25) is 5.58 Å². The smallest absolute Gasteiger partial charge is 0.349 e. The average Bonchev–Trinajstić information content (AvgIpc) is 3.40. The van der Waals surface area contributed by atoms with Crippen LogP contribution in [0.5, 0.6) is 5.75 Å². The third-order valence-electron chi connectivity index (χ3n) is 7.06. The van der Waals surface area contributed by atoms with Crippen molar-refractivity contribution in [2.45, 2.75) is 51.6 Å². The Morgan fingerprint density at radius 1 is 1.05 bits per heavy atom. The minimum Gasteiger partial charge on any atom is -0.468 e. The number of benzene rings is 3. The second kappa shape index (κ2) is 11.0. The molecule has 3 aromatic carbocycles. The van der Waals surface area contributed by atoms with Crippen LogP contribution in [0.15, 0.2) is 71.1 Å². The maximum absolute atomic E-state index is 11.8. The lowest BCUT2D eigenvalue weighted by molar-refractivity contribution is -0.665. The number of anilines is 1. The standard InChI is InChI=1S/C29H31ClN2O5S/c1-3-14-31-24-17-22(21-8-6-5-7-9-21)10-12-26(24)36-28(31)15-20(4-2)16-29-32(19-38(33,34)35)25-18-23(30)11-13-27(25)37-29/h5-13,17-18,20,28H,3-4,14-16,19H2,1-2H3/p+1. The lowest BCUT2D eigenvalue weighted by Gasteiger charge is -2.27. The minimum absolute atomic E-state index is 0.144. The van der Waals surface area contributed by atoms with E-state index in [4.69, 9.17) is 20.8 Å². The molecule has 1 aliphatic rings. The average molecular weight is 556 g/mol. The SMILES string of the molecule is CCCN1c2cc(-c3ccccc3)ccc2OC1CC(CC)Cc1oc2ccc(Cl)cc2[n+]1CS(=O)(=O)O. The summed E-state index contributed by atoms with van der Waals surface area (Å²) >= 11 is 6.17. The van der Waals surface area contributed by atoms with Gasteiger partial charge in [0.05, 0.1) is 12.1 Å². The van der Waals surface area contributed by atoms with Crippen LogP contribution in [0.2, 0.25) is 5.02 Å². The highest BCUT2D eigenvalue weighted by Gasteiger charge is 2.35. The highest BCUT2D eigenvalue weighted by Crippen LogP contribution is 2.42. The Bertz CT molecular complexity index is 1540. The lowest BCUT2D eigenvalue weighted by Crippen LogP contribution is -2.42. The molecule has 0 amide bonds. The van der Waals surface area contributed by atoms with Gasteiger partial charge < -0.3 is 14.1 Å². The molecule has 0 saturated carbocycles. The van der Waals surface area contributed by atoms with Gasteiger partial charge in [-0.1, -0.05) is 68.3 Å². The molecule has 0 spiro atoms. The van der Waals surface area contributed by atoms with Gasteiger partial charge in [0.15, 0.2) is 6.23 Å². The molecule has 5 rings (SSSR count). The topological polar surface area (TPSA) is 83.9 Å². The van der Waals surface area contributed by atoms with Crippen LogP contribution in [0.25, 0.3) is 22.2 Å². The second-order valence-corrected chi connectivity index (χ2v) is 11.6. The van der Waals surface area contributed by atoms with E-state index in [1.54, 1.807) is 18.2 Å². The molecule has 0 aliphatic carbocycles. The van der Waals surface area contributed by atoms with Crippen LogP contribution in [0.3, 0.4) is 0 Å². The first-order valence-corrected chi connectivity index (χ1v) is 14.9. The Morgan fingerprint density at radius 2 is 1.84 bits per heavy atom. The van der Waals surface area contributed by atoms with Crippen molar-refractivity contribution in [3.05, 3.63) is 77.6 Å². The molecule has 0 saturated heterocycles. The third-order valence-corrected chi connectivity index (χ3v) is 7.88. The maximum Gasteiger partial charge on any atom is 0.349 e. The molecule has 0 fully saturated rings. The van der Waals surface area contributed by atoms with Gasteiger partial charge in [0, 0.05) is 24.1 Å². The predicted molar refractivity (Wildman–Crippen MR) is 149 cm³/mol. The summed E-state index contributed by atoms with van der Waals surface area (Å²) < 4.78 is 47.3. The zero-order valence-corrected chi connectivity index (χ0v) is 23.1. The number of fused-ring (bicyclic) bond motifs is 2. The summed E-state index contributed by atoms with van der Waals surface area (Å²) in [6.45, 7) is 5.13. The van der Waals surface area contributed by atoms with E-state index in [1.165, 1.54) is 4.57 Å². The summed E-state index contributed by atoms with van der Waals surface area (Å²) in [5, 5.41) is 0.461. The van der Waals surface area contributed by atoms with Crippen molar-refractivity contribution in [1.29, 1.82) is 0 Å². The molecule has 1 N–H and O–H groups in total. The Labute approximate surface area is 228 Å². The van der Waals surface area contributed by atoms with Crippen LogP contribution in [-0.4, -0.2) is 25.7 Å². The van der Waals surface area contributed by atoms with Gasteiger partial charge in [0.25, 0.3) is 11.4 Å². The number of nitrogens with zero attached hydrogens (tertiary/aromatic N) is 2. The molecule has 200 valence electrons. The van der Waals surface area contributed by atoms with Crippen molar-refractivity contribution in [2.24, 2.45) is 5.92 Å². The maximum atomic E-state index is 11.8. The molecule has 4 aromatic rings. The Morgan fingerprint density at radius 3 is 2.55 bits per heavy atom. The number of oxazole rings is 1. The second-order valence-electron chi connectivity index (χ2n) is 9.78. The fraction of sp³-hybridized carbons (Fsp3) is 0.345. The summed E-state index contributed by atoms with van der Waals surface area (Å²) in [5.74, 6) is 0.904. The van der Waals surface area contributed by atoms with Gasteiger partial charge in [0.1, 0.15) is 5.75 Å². The third kappa shape index (κ3) is 5.67. The van der Waals surface area contributed by atoms with Crippen molar-refractivity contribution in [3.8, 4) is 16.9 Å². The zero-order valence-electron chi connectivity index (χ0n) is 21.5. The van der Waals surface area contributed by atoms with Gasteiger partial charge in [-0.2, -0.15) is 8.42 Å². The van der Waals surface area contributed by atoms with E-state index in [-0.39, 0.29) is 12.1 Å². The largest absolute Gasteiger partial charge is 0.468 e. The molecular formula is C29H32ClN2O5S+. The minimum atomic E-state index is -4.29. The Kier molecular flexibility index (Phi) is 7.66. The zero-order chi connectivity index (χ0) is 26.9. The van der Waals surface area contributed by atoms with Crippen LogP contribution in [0.4, 0.5) is 5.69 Å². The summed E-state index contributed by atoms with van der Waals surface area (Å²) in [7, 11) is -4.29. The van der Waals surface area contributed by atoms with E-state index in [9.17, 15) is 13.0 Å². The highest BCUT2D eigenvalue weighted by atomic mass is 35.5. The molecule has 2 atom stereocenters. The fourth-order valence-corrected chi connectivity index (χ4v) is 5.96. The predicted octanol–water partition coefficient (Wildman–Crippen LogP) is 6.48. The Hall–Kier alpha value is -3.07. The molecule has 2 unspecified atom stereocenters. The van der Waals surface area contributed by atoms with E-state index in [1.807, 2.05) is 24.3 Å². The quantitative estimate of drug-likeness (QED) is 0.178. The van der Waals surface area contributed by atoms with Crippen LogP contribution in [0.1, 0.15) is 39.0 Å². The lowest BCUT2D eigenvalue weighted by atomic mass is 9.96. The van der Waals surface area contributed by atoms with E-state index in [0.29, 0.717) is 28.4 Å². The molecular weight excluding hydrogens is 524 g/mol. The number of rotatable bonds is 10. The number of hydrogen-bond donors (Lipinski definition) is 1. The van der Waals surface area contributed by atoms with E-state index in [0.717, 1.165) is 48.4 Å². The number of halogens is 1. The number of aromatic nitrogens is 1. The molecule has 9 heteroatoms. The van der Waals surface area contributed by atoms with Crippen LogP contribution < -0.4 is 14.2 Å². The molecule has 7 nitrogen and oxygen atoms in total. The number of hydrogen-bond acceptors (Lipinski definition) is 5. The van der Waals surface area contributed by atoms with Crippen LogP contribution >= 0.6 is 11.6 Å². The van der Waals surface area contributed by atoms with Crippen molar-refractivity contribution in [2.75, 3.05) is 11.4 Å².